The number of rotatable bonds is 1. The van der Waals surface area contributed by atoms with Crippen molar-refractivity contribution in [2.24, 2.45) is 5.92 Å². The van der Waals surface area contributed by atoms with Crippen LogP contribution >= 0.6 is 0 Å². The van der Waals surface area contributed by atoms with Crippen LogP contribution in [0, 0.1) is 5.92 Å². The summed E-state index contributed by atoms with van der Waals surface area (Å²) in [5.74, 6) is -0.769. The van der Waals surface area contributed by atoms with Gasteiger partial charge in [-0.2, -0.15) is 0 Å². The SMILES string of the molecule is O=C(O)C1CC=CCC1.[In]. The predicted octanol–water partition coefficient (Wildman–Crippen LogP) is 1.05. The van der Waals surface area contributed by atoms with Crippen LogP contribution in [0.4, 0.5) is 0 Å². The van der Waals surface area contributed by atoms with Gasteiger partial charge in [0, 0.05) is 25.8 Å². The summed E-state index contributed by atoms with van der Waals surface area (Å²) in [5.41, 5.74) is 0. The Bertz CT molecular complexity index is 143. The van der Waals surface area contributed by atoms with Crippen LogP contribution in [-0.4, -0.2) is 36.9 Å². The van der Waals surface area contributed by atoms with Crippen molar-refractivity contribution in [1.82, 2.24) is 0 Å². The largest absolute Gasteiger partial charge is 0.481 e. The van der Waals surface area contributed by atoms with Crippen LogP contribution in [0.5, 0.6) is 0 Å². The Morgan fingerprint density at radius 2 is 2.20 bits per heavy atom. The van der Waals surface area contributed by atoms with E-state index in [2.05, 4.69) is 0 Å². The van der Waals surface area contributed by atoms with Gasteiger partial charge in [-0.25, -0.2) is 0 Å². The Kier molecular flexibility index (Phi) is 4.87. The molecule has 0 aromatic carbocycles. The Labute approximate surface area is 79.1 Å². The Balaban J connectivity index is 0.000000810. The van der Waals surface area contributed by atoms with Gasteiger partial charge in [-0.05, 0) is 19.3 Å². The molecule has 10 heavy (non-hydrogen) atoms. The van der Waals surface area contributed by atoms with Gasteiger partial charge in [-0.3, -0.25) is 4.79 Å². The van der Waals surface area contributed by atoms with E-state index < -0.39 is 5.97 Å². The zero-order valence-electron chi connectivity index (χ0n) is 5.79. The molecule has 0 fully saturated rings. The second-order valence-corrected chi connectivity index (χ2v) is 2.32. The molecule has 1 aliphatic rings. The van der Waals surface area contributed by atoms with Crippen molar-refractivity contribution in [2.75, 3.05) is 0 Å². The van der Waals surface area contributed by atoms with E-state index in [4.69, 9.17) is 5.11 Å². The first-order chi connectivity index (χ1) is 4.30. The molecule has 2 nitrogen and oxygen atoms in total. The van der Waals surface area contributed by atoms with Crippen molar-refractivity contribution >= 4 is 31.8 Å². The zero-order valence-corrected chi connectivity index (χ0v) is 9.08. The van der Waals surface area contributed by atoms with Crippen LogP contribution in [0.25, 0.3) is 0 Å². The molecule has 1 aliphatic carbocycles. The van der Waals surface area contributed by atoms with Gasteiger partial charge in [0.05, 0.1) is 5.92 Å². The number of hydrogen-bond acceptors (Lipinski definition) is 1. The number of carboxylic acids is 1. The molecule has 0 bridgehead atoms. The summed E-state index contributed by atoms with van der Waals surface area (Å²) in [5, 5.41) is 8.50. The third-order valence-electron chi connectivity index (χ3n) is 1.62. The fraction of sp³-hybridized carbons (Fsp3) is 0.571. The van der Waals surface area contributed by atoms with Crippen LogP contribution in [0.2, 0.25) is 0 Å². The molecule has 0 aromatic rings. The van der Waals surface area contributed by atoms with Crippen molar-refractivity contribution in [3.63, 3.8) is 0 Å². The molecule has 3 radical (unpaired) electrons. The predicted molar refractivity (Wildman–Crippen MR) is 39.9 cm³/mol. The van der Waals surface area contributed by atoms with Gasteiger partial charge in [0.25, 0.3) is 0 Å². The Hall–Kier alpha value is 0.0801. The van der Waals surface area contributed by atoms with Crippen molar-refractivity contribution in [2.45, 2.75) is 19.3 Å². The molecule has 0 saturated heterocycles. The van der Waals surface area contributed by atoms with E-state index in [1.54, 1.807) is 0 Å². The summed E-state index contributed by atoms with van der Waals surface area (Å²) in [4.78, 5) is 10.3. The first-order valence-electron chi connectivity index (χ1n) is 3.18. The molecular weight excluding hydrogens is 231 g/mol. The van der Waals surface area contributed by atoms with Crippen LogP contribution < -0.4 is 0 Å². The van der Waals surface area contributed by atoms with Gasteiger partial charge in [-0.1, -0.05) is 12.2 Å². The van der Waals surface area contributed by atoms with Gasteiger partial charge < -0.3 is 5.11 Å². The zero-order chi connectivity index (χ0) is 6.69. The van der Waals surface area contributed by atoms with E-state index in [1.165, 1.54) is 0 Å². The van der Waals surface area contributed by atoms with Crippen LogP contribution in [0.1, 0.15) is 19.3 Å². The molecular formula is C7H10InO2. The minimum atomic E-state index is -0.653. The first kappa shape index (κ1) is 10.1. The summed E-state index contributed by atoms with van der Waals surface area (Å²) < 4.78 is 0. The third-order valence-corrected chi connectivity index (χ3v) is 1.62. The third kappa shape index (κ3) is 2.78. The molecule has 0 amide bonds. The molecule has 1 rings (SSSR count). The summed E-state index contributed by atoms with van der Waals surface area (Å²) in [7, 11) is 0. The van der Waals surface area contributed by atoms with Crippen molar-refractivity contribution in [3.8, 4) is 0 Å². The molecule has 1 atom stereocenters. The topological polar surface area (TPSA) is 37.3 Å². The van der Waals surface area contributed by atoms with E-state index in [-0.39, 0.29) is 31.8 Å². The Morgan fingerprint density at radius 3 is 2.50 bits per heavy atom. The molecule has 0 aromatic heterocycles. The van der Waals surface area contributed by atoms with Crippen molar-refractivity contribution in [3.05, 3.63) is 12.2 Å². The normalized spacial score (nSPS) is 23.4. The molecule has 0 saturated carbocycles. The smallest absolute Gasteiger partial charge is 0.306 e. The molecule has 0 spiro atoms. The number of allylic oxidation sites excluding steroid dienone is 2. The van der Waals surface area contributed by atoms with Gasteiger partial charge in [0.2, 0.25) is 0 Å². The summed E-state index contributed by atoms with van der Waals surface area (Å²) in [6, 6.07) is 0. The maximum atomic E-state index is 10.3. The van der Waals surface area contributed by atoms with Crippen molar-refractivity contribution < 1.29 is 9.90 Å². The molecule has 1 unspecified atom stereocenters. The first-order valence-corrected chi connectivity index (χ1v) is 3.18. The van der Waals surface area contributed by atoms with Crippen LogP contribution in [0.15, 0.2) is 12.2 Å². The maximum absolute atomic E-state index is 10.3. The average molecular weight is 241 g/mol. The summed E-state index contributed by atoms with van der Waals surface area (Å²) in [6.45, 7) is 0. The quantitative estimate of drug-likeness (QED) is 0.696. The summed E-state index contributed by atoms with van der Waals surface area (Å²) >= 11 is 0. The monoisotopic (exact) mass is 241 g/mol. The molecule has 53 valence electrons. The van der Waals surface area contributed by atoms with E-state index in [0.717, 1.165) is 19.3 Å². The van der Waals surface area contributed by atoms with Gasteiger partial charge in [0.1, 0.15) is 0 Å². The van der Waals surface area contributed by atoms with E-state index in [9.17, 15) is 4.79 Å². The summed E-state index contributed by atoms with van der Waals surface area (Å²) in [6.07, 6.45) is 6.44. The second kappa shape index (κ2) is 4.83. The van der Waals surface area contributed by atoms with E-state index >= 15 is 0 Å². The molecule has 1 N–H and O–H groups in total. The minimum Gasteiger partial charge on any atom is -0.481 e. The van der Waals surface area contributed by atoms with Gasteiger partial charge in [-0.15, -0.1) is 0 Å². The number of hydrogen-bond donors (Lipinski definition) is 1. The Morgan fingerprint density at radius 1 is 1.50 bits per heavy atom. The van der Waals surface area contributed by atoms with Gasteiger partial charge >= 0.3 is 5.97 Å². The molecule has 3 heteroatoms. The molecule has 0 heterocycles. The second-order valence-electron chi connectivity index (χ2n) is 2.32. The fourth-order valence-corrected chi connectivity index (χ4v) is 1.02. The minimum absolute atomic E-state index is 0. The van der Waals surface area contributed by atoms with E-state index in [1.807, 2.05) is 12.2 Å². The average Bonchev–Trinajstić information content (AvgIpc) is 1.90. The van der Waals surface area contributed by atoms with E-state index in [0.29, 0.717) is 0 Å². The molecule has 0 aliphatic heterocycles. The maximum Gasteiger partial charge on any atom is 0.306 e. The number of carbonyl (C=O) groups is 1. The standard InChI is InChI=1S/C7H10O2.In/c8-7(9)6-4-2-1-3-5-6;/h1-2,6H,3-5H2,(H,8,9);. The number of aliphatic carboxylic acids is 1. The van der Waals surface area contributed by atoms with Crippen LogP contribution in [0.3, 0.4) is 0 Å². The van der Waals surface area contributed by atoms with Crippen LogP contribution in [-0.2, 0) is 4.79 Å². The van der Waals surface area contributed by atoms with Crippen molar-refractivity contribution in [1.29, 1.82) is 0 Å². The number of carboxylic acid groups (broad SMARTS) is 1. The fourth-order valence-electron chi connectivity index (χ4n) is 1.02. The van der Waals surface area contributed by atoms with Gasteiger partial charge in [0.15, 0.2) is 0 Å².